The summed E-state index contributed by atoms with van der Waals surface area (Å²) in [6.07, 6.45) is 7.18. The molecular weight excluding hydrogens is 462 g/mol. The Labute approximate surface area is 202 Å². The zero-order valence-corrected chi connectivity index (χ0v) is 20.8. The minimum atomic E-state index is -0.807. The van der Waals surface area contributed by atoms with Gasteiger partial charge in [-0.3, -0.25) is 10.1 Å². The summed E-state index contributed by atoms with van der Waals surface area (Å²) in [4.78, 5) is 31.4. The van der Waals surface area contributed by atoms with Gasteiger partial charge in [0.05, 0.1) is 16.8 Å². The molecule has 0 unspecified atom stereocenters. The fourth-order valence-electron chi connectivity index (χ4n) is 3.73. The van der Waals surface area contributed by atoms with Gasteiger partial charge in [0.15, 0.2) is 5.13 Å². The first-order valence-electron chi connectivity index (χ1n) is 11.1. The van der Waals surface area contributed by atoms with Gasteiger partial charge in [-0.2, -0.15) is 0 Å². The van der Waals surface area contributed by atoms with E-state index in [1.165, 1.54) is 28.0 Å². The molecule has 1 aromatic heterocycles. The molecule has 174 valence electrons. The Morgan fingerprint density at radius 1 is 1.16 bits per heavy atom. The second-order valence-corrected chi connectivity index (χ2v) is 11.6. The quantitative estimate of drug-likeness (QED) is 0.282. The molecule has 0 saturated heterocycles. The first-order valence-corrected chi connectivity index (χ1v) is 13.9. The van der Waals surface area contributed by atoms with Gasteiger partial charge >= 0.3 is 12.0 Å². The molecule has 1 aromatic carbocycles. The van der Waals surface area contributed by atoms with Crippen LogP contribution >= 0.6 is 34.9 Å². The van der Waals surface area contributed by atoms with Crippen LogP contribution in [0.15, 0.2) is 45.6 Å². The van der Waals surface area contributed by atoms with Gasteiger partial charge in [0.1, 0.15) is 0 Å². The number of rotatable bonds is 11. The number of urea groups is 1. The zero-order valence-electron chi connectivity index (χ0n) is 18.4. The highest BCUT2D eigenvalue weighted by Gasteiger charge is 2.27. The smallest absolute Gasteiger partial charge is 0.323 e. The highest BCUT2D eigenvalue weighted by Crippen LogP contribution is 2.31. The van der Waals surface area contributed by atoms with Crippen LogP contribution in [0.25, 0.3) is 0 Å². The number of carbonyl (C=O) groups excluding carboxylic acids is 1. The Morgan fingerprint density at radius 2 is 1.91 bits per heavy atom. The first kappa shape index (κ1) is 24.9. The van der Waals surface area contributed by atoms with Crippen molar-refractivity contribution in [2.45, 2.75) is 60.6 Å². The number of nitrogens with zero attached hydrogens (tertiary/aromatic N) is 2. The van der Waals surface area contributed by atoms with E-state index >= 15 is 0 Å². The second kappa shape index (κ2) is 13.1. The van der Waals surface area contributed by atoms with Crippen LogP contribution in [0, 0.1) is 5.92 Å². The second-order valence-electron chi connectivity index (χ2n) is 8.03. The molecule has 32 heavy (non-hydrogen) atoms. The molecule has 6 nitrogen and oxygen atoms in total. The number of hydrogen-bond donors (Lipinski definition) is 2. The van der Waals surface area contributed by atoms with E-state index in [9.17, 15) is 9.59 Å². The van der Waals surface area contributed by atoms with Crippen molar-refractivity contribution in [2.24, 2.45) is 5.92 Å². The van der Waals surface area contributed by atoms with Gasteiger partial charge < -0.3 is 10.0 Å². The van der Waals surface area contributed by atoms with Crippen LogP contribution in [0.5, 0.6) is 0 Å². The van der Waals surface area contributed by atoms with Crippen molar-refractivity contribution in [3.63, 3.8) is 0 Å². The van der Waals surface area contributed by atoms with Gasteiger partial charge in [0.25, 0.3) is 0 Å². The zero-order chi connectivity index (χ0) is 22.8. The van der Waals surface area contributed by atoms with Crippen molar-refractivity contribution in [2.75, 3.05) is 23.4 Å². The lowest BCUT2D eigenvalue weighted by molar-refractivity contribution is -0.136. The predicted molar refractivity (Wildman–Crippen MR) is 134 cm³/mol. The maximum Gasteiger partial charge on any atom is 0.323 e. The summed E-state index contributed by atoms with van der Waals surface area (Å²) in [5.41, 5.74) is 0. The maximum atomic E-state index is 13.2. The summed E-state index contributed by atoms with van der Waals surface area (Å²) in [5, 5.41) is 12.3. The number of aliphatic carboxylic acids is 1. The van der Waals surface area contributed by atoms with Crippen molar-refractivity contribution in [1.29, 1.82) is 0 Å². The molecule has 1 aliphatic carbocycles. The highest BCUT2D eigenvalue weighted by atomic mass is 32.2. The maximum absolute atomic E-state index is 13.2. The van der Waals surface area contributed by atoms with E-state index in [1.54, 1.807) is 6.20 Å². The molecule has 0 bridgehead atoms. The number of amides is 2. The van der Waals surface area contributed by atoms with Crippen molar-refractivity contribution in [3.8, 4) is 0 Å². The summed E-state index contributed by atoms with van der Waals surface area (Å²) >= 11 is 4.68. The Balaban J connectivity index is 1.54. The van der Waals surface area contributed by atoms with Crippen LogP contribution in [0.1, 0.15) is 45.4 Å². The lowest BCUT2D eigenvalue weighted by Gasteiger charge is -2.36. The number of thioether (sulfide) groups is 2. The van der Waals surface area contributed by atoms with Gasteiger partial charge in [-0.1, -0.05) is 36.5 Å². The molecule has 2 amide bonds. The summed E-state index contributed by atoms with van der Waals surface area (Å²) in [7, 11) is 0. The number of benzene rings is 1. The monoisotopic (exact) mass is 493 g/mol. The van der Waals surface area contributed by atoms with Crippen LogP contribution in [-0.4, -0.2) is 51.1 Å². The number of anilines is 1. The Morgan fingerprint density at radius 3 is 2.62 bits per heavy atom. The molecule has 1 aliphatic rings. The molecule has 3 rings (SSSR count). The van der Waals surface area contributed by atoms with E-state index in [1.807, 2.05) is 34.9 Å². The molecule has 2 N–H and O–H groups in total. The molecule has 0 spiro atoms. The van der Waals surface area contributed by atoms with Crippen LogP contribution in [-0.2, 0) is 4.79 Å². The molecule has 2 aromatic rings. The third-order valence-electron chi connectivity index (χ3n) is 5.50. The lowest BCUT2D eigenvalue weighted by Crippen LogP contribution is -2.45. The number of nitrogens with one attached hydrogen (secondary N) is 1. The minimum Gasteiger partial charge on any atom is -0.481 e. The number of carboxylic acid groups (broad SMARTS) is 1. The standard InChI is InChI=1S/C23H31N3O3S3/c1-17-8-10-18(11-9-17)26(13-5-14-30-19-6-3-2-4-7-19)23(29)25-22-24-16-21(32-22)31-15-12-20(27)28/h2-4,6-7,16-18H,5,8-15H2,1H3,(H,27,28)(H,24,25,29)/t17-,18-. The third kappa shape index (κ3) is 8.33. The number of aromatic nitrogens is 1. The molecule has 0 aliphatic heterocycles. The number of thiazole rings is 1. The summed E-state index contributed by atoms with van der Waals surface area (Å²) in [5.74, 6) is 1.39. The largest absolute Gasteiger partial charge is 0.481 e. The molecule has 1 fully saturated rings. The van der Waals surface area contributed by atoms with Crippen LogP contribution in [0.4, 0.5) is 9.93 Å². The van der Waals surface area contributed by atoms with E-state index in [4.69, 9.17) is 5.11 Å². The Bertz CT molecular complexity index is 854. The van der Waals surface area contributed by atoms with E-state index in [-0.39, 0.29) is 18.5 Å². The van der Waals surface area contributed by atoms with Gasteiger partial charge in [0, 0.05) is 23.2 Å². The molecule has 1 saturated carbocycles. The minimum absolute atomic E-state index is 0.0781. The van der Waals surface area contributed by atoms with E-state index in [0.29, 0.717) is 10.9 Å². The van der Waals surface area contributed by atoms with Gasteiger partial charge in [-0.15, -0.1) is 23.5 Å². The number of hydrogen-bond acceptors (Lipinski definition) is 6. The van der Waals surface area contributed by atoms with Crippen molar-refractivity contribution < 1.29 is 14.7 Å². The molecule has 9 heteroatoms. The fraction of sp³-hybridized carbons (Fsp3) is 0.522. The van der Waals surface area contributed by atoms with Gasteiger partial charge in [-0.25, -0.2) is 9.78 Å². The molecule has 1 heterocycles. The van der Waals surface area contributed by atoms with E-state index < -0.39 is 5.97 Å². The predicted octanol–water partition coefficient (Wildman–Crippen LogP) is 6.30. The Hall–Kier alpha value is -1.71. The average Bonchev–Trinajstić information content (AvgIpc) is 3.22. The van der Waals surface area contributed by atoms with Crippen LogP contribution in [0.2, 0.25) is 0 Å². The SMILES string of the molecule is C[C@H]1CC[C@H](N(CCCSc2ccccc2)C(=O)Nc2ncc(SCCC(=O)O)s2)CC1. The van der Waals surface area contributed by atoms with E-state index in [2.05, 4.69) is 29.4 Å². The van der Waals surface area contributed by atoms with Crippen molar-refractivity contribution in [3.05, 3.63) is 36.5 Å². The van der Waals surface area contributed by atoms with Gasteiger partial charge in [-0.05, 0) is 55.9 Å². The summed E-state index contributed by atoms with van der Waals surface area (Å²) in [6, 6.07) is 10.6. The van der Waals surface area contributed by atoms with Gasteiger partial charge in [0.2, 0.25) is 0 Å². The van der Waals surface area contributed by atoms with E-state index in [0.717, 1.165) is 54.5 Å². The topological polar surface area (TPSA) is 82.5 Å². The fourth-order valence-corrected chi connectivity index (χ4v) is 6.46. The number of carboxylic acids is 1. The van der Waals surface area contributed by atoms with Crippen molar-refractivity contribution >= 4 is 52.0 Å². The lowest BCUT2D eigenvalue weighted by atomic mass is 9.86. The van der Waals surface area contributed by atoms with Crippen LogP contribution < -0.4 is 5.32 Å². The van der Waals surface area contributed by atoms with Crippen LogP contribution in [0.3, 0.4) is 0 Å². The molecule has 0 radical (unpaired) electrons. The Kier molecular flexibility index (Phi) is 10.2. The number of carbonyl (C=O) groups is 2. The third-order valence-corrected chi connectivity index (χ3v) is 8.71. The molecular formula is C23H31N3O3S3. The summed E-state index contributed by atoms with van der Waals surface area (Å²) < 4.78 is 0.916. The first-order chi connectivity index (χ1) is 15.5. The molecule has 0 atom stereocenters. The summed E-state index contributed by atoms with van der Waals surface area (Å²) in [6.45, 7) is 3.02. The highest BCUT2D eigenvalue weighted by molar-refractivity contribution is 8.01. The van der Waals surface area contributed by atoms with Crippen molar-refractivity contribution in [1.82, 2.24) is 9.88 Å². The average molecular weight is 494 g/mol. The normalized spacial score (nSPS) is 18.3.